The molecule has 10 heteroatoms. The zero-order valence-electron chi connectivity index (χ0n) is 17.9. The first kappa shape index (κ1) is 25.6. The first-order chi connectivity index (χ1) is 14.7. The number of nitrogens with two attached hydrogens (primary N) is 1. The fraction of sp³-hybridized carbons (Fsp3) is 0.476. The van der Waals surface area contributed by atoms with Crippen molar-refractivity contribution in [2.45, 2.75) is 45.7 Å². The number of hydrogen-bond acceptors (Lipinski definition) is 7. The Labute approximate surface area is 180 Å². The Morgan fingerprint density at radius 1 is 0.968 bits per heavy atom. The van der Waals surface area contributed by atoms with E-state index in [-0.39, 0.29) is 19.6 Å². The molecular formula is C21H29N3O7. The quantitative estimate of drug-likeness (QED) is 0.385. The molecule has 1 aromatic rings. The van der Waals surface area contributed by atoms with Crippen LogP contribution < -0.4 is 16.4 Å². The number of ether oxygens (including phenoxy) is 2. The SMILES string of the molecule is CCOC(=O)C[C@H](C(=O)OCC)[C@H](NC(=O)[C@@H](Cc1ccccc1)NC(C)=O)C(N)=O. The Kier molecular flexibility index (Phi) is 10.7. The van der Waals surface area contributed by atoms with E-state index in [1.165, 1.54) is 6.92 Å². The minimum absolute atomic E-state index is 0.000110. The second-order valence-corrected chi connectivity index (χ2v) is 6.70. The van der Waals surface area contributed by atoms with Crippen molar-refractivity contribution in [1.29, 1.82) is 0 Å². The van der Waals surface area contributed by atoms with Gasteiger partial charge < -0.3 is 25.8 Å². The standard InChI is InChI=1S/C21H29N3O7/c1-4-30-17(26)12-15(21(29)31-5-2)18(19(22)27)24-20(28)16(23-13(3)25)11-14-9-7-6-8-10-14/h6-10,15-16,18H,4-5,11-12H2,1-3H3,(H2,22,27)(H,23,25)(H,24,28)/t15-,16+,18-/m0/s1. The van der Waals surface area contributed by atoms with Crippen LogP contribution in [0.5, 0.6) is 0 Å². The van der Waals surface area contributed by atoms with Gasteiger partial charge in [0.05, 0.1) is 25.6 Å². The van der Waals surface area contributed by atoms with Crippen LogP contribution in [0.25, 0.3) is 0 Å². The molecule has 0 aliphatic carbocycles. The molecule has 1 rings (SSSR count). The predicted molar refractivity (Wildman–Crippen MR) is 110 cm³/mol. The lowest BCUT2D eigenvalue weighted by atomic mass is 9.94. The molecule has 0 saturated heterocycles. The number of hydrogen-bond donors (Lipinski definition) is 3. The molecule has 0 spiro atoms. The lowest BCUT2D eigenvalue weighted by Gasteiger charge is -2.26. The number of benzene rings is 1. The van der Waals surface area contributed by atoms with E-state index in [1.54, 1.807) is 44.2 Å². The summed E-state index contributed by atoms with van der Waals surface area (Å²) in [6.07, 6.45) is -0.371. The van der Waals surface area contributed by atoms with Crippen molar-refractivity contribution < 1.29 is 33.4 Å². The van der Waals surface area contributed by atoms with Crippen molar-refractivity contribution in [2.24, 2.45) is 11.7 Å². The average Bonchev–Trinajstić information content (AvgIpc) is 2.70. The summed E-state index contributed by atoms with van der Waals surface area (Å²) in [4.78, 5) is 60.9. The first-order valence-electron chi connectivity index (χ1n) is 9.92. The van der Waals surface area contributed by atoms with Crippen LogP contribution in [0, 0.1) is 5.92 Å². The molecule has 3 atom stereocenters. The third kappa shape index (κ3) is 8.85. The summed E-state index contributed by atoms with van der Waals surface area (Å²) in [5, 5.41) is 4.91. The Bertz CT molecular complexity index is 782. The molecule has 0 heterocycles. The lowest BCUT2D eigenvalue weighted by molar-refractivity contribution is -0.157. The molecule has 170 valence electrons. The van der Waals surface area contributed by atoms with Gasteiger partial charge in [0, 0.05) is 13.3 Å². The smallest absolute Gasteiger partial charge is 0.312 e. The highest BCUT2D eigenvalue weighted by atomic mass is 16.5. The normalized spacial score (nSPS) is 13.3. The highest BCUT2D eigenvalue weighted by Gasteiger charge is 2.38. The van der Waals surface area contributed by atoms with Crippen LogP contribution in [0.4, 0.5) is 0 Å². The summed E-state index contributed by atoms with van der Waals surface area (Å²) in [7, 11) is 0. The molecule has 0 saturated carbocycles. The molecule has 0 radical (unpaired) electrons. The van der Waals surface area contributed by atoms with Gasteiger partial charge in [-0.15, -0.1) is 0 Å². The summed E-state index contributed by atoms with van der Waals surface area (Å²) in [6.45, 7) is 4.47. The van der Waals surface area contributed by atoms with E-state index < -0.39 is 54.1 Å². The molecule has 0 bridgehead atoms. The molecule has 31 heavy (non-hydrogen) atoms. The van der Waals surface area contributed by atoms with Gasteiger partial charge in [-0.3, -0.25) is 24.0 Å². The first-order valence-corrected chi connectivity index (χ1v) is 9.92. The largest absolute Gasteiger partial charge is 0.466 e. The number of primary amides is 1. The second kappa shape index (κ2) is 13.0. The van der Waals surface area contributed by atoms with Crippen molar-refractivity contribution in [3.05, 3.63) is 35.9 Å². The fourth-order valence-electron chi connectivity index (χ4n) is 2.91. The van der Waals surface area contributed by atoms with Gasteiger partial charge in [0.2, 0.25) is 17.7 Å². The van der Waals surface area contributed by atoms with Gasteiger partial charge in [-0.2, -0.15) is 0 Å². The van der Waals surface area contributed by atoms with E-state index in [1.807, 2.05) is 0 Å². The van der Waals surface area contributed by atoms with Gasteiger partial charge in [0.15, 0.2) is 0 Å². The van der Waals surface area contributed by atoms with E-state index in [0.717, 1.165) is 5.56 Å². The number of amides is 3. The van der Waals surface area contributed by atoms with E-state index in [4.69, 9.17) is 15.2 Å². The topological polar surface area (TPSA) is 154 Å². The Morgan fingerprint density at radius 2 is 1.58 bits per heavy atom. The van der Waals surface area contributed by atoms with Crippen LogP contribution in [0.3, 0.4) is 0 Å². The Balaban J connectivity index is 3.11. The molecule has 4 N–H and O–H groups in total. The van der Waals surface area contributed by atoms with Crippen LogP contribution in [-0.2, 0) is 39.9 Å². The summed E-state index contributed by atoms with van der Waals surface area (Å²) in [5.41, 5.74) is 6.19. The molecule has 1 aromatic carbocycles. The van der Waals surface area contributed by atoms with E-state index in [0.29, 0.717) is 0 Å². The molecular weight excluding hydrogens is 406 g/mol. The maximum absolute atomic E-state index is 12.9. The highest BCUT2D eigenvalue weighted by molar-refractivity contribution is 5.95. The van der Waals surface area contributed by atoms with E-state index >= 15 is 0 Å². The summed E-state index contributed by atoms with van der Waals surface area (Å²) in [5.74, 6) is -5.23. The molecule has 0 aromatic heterocycles. The third-order valence-corrected chi connectivity index (χ3v) is 4.26. The van der Waals surface area contributed by atoms with Crippen molar-refractivity contribution >= 4 is 29.7 Å². The minimum Gasteiger partial charge on any atom is -0.466 e. The molecule has 0 unspecified atom stereocenters. The predicted octanol–water partition coefficient (Wildman–Crippen LogP) is -0.164. The third-order valence-electron chi connectivity index (χ3n) is 4.26. The fourth-order valence-corrected chi connectivity index (χ4v) is 2.91. The molecule has 3 amide bonds. The van der Waals surface area contributed by atoms with Gasteiger partial charge >= 0.3 is 11.9 Å². The number of nitrogens with one attached hydrogen (secondary N) is 2. The van der Waals surface area contributed by atoms with Crippen LogP contribution in [0.2, 0.25) is 0 Å². The summed E-state index contributed by atoms with van der Waals surface area (Å²) >= 11 is 0. The van der Waals surface area contributed by atoms with E-state index in [9.17, 15) is 24.0 Å². The number of esters is 2. The minimum atomic E-state index is -1.54. The molecule has 0 aliphatic heterocycles. The highest BCUT2D eigenvalue weighted by Crippen LogP contribution is 2.14. The second-order valence-electron chi connectivity index (χ2n) is 6.70. The lowest BCUT2D eigenvalue weighted by Crippen LogP contribution is -2.57. The van der Waals surface area contributed by atoms with Crippen LogP contribution >= 0.6 is 0 Å². The van der Waals surface area contributed by atoms with E-state index in [2.05, 4.69) is 10.6 Å². The number of rotatable bonds is 12. The van der Waals surface area contributed by atoms with Gasteiger partial charge in [0.25, 0.3) is 0 Å². The van der Waals surface area contributed by atoms with Crippen molar-refractivity contribution in [3.8, 4) is 0 Å². The summed E-state index contributed by atoms with van der Waals surface area (Å²) < 4.78 is 9.79. The Hall–Kier alpha value is -3.43. The summed E-state index contributed by atoms with van der Waals surface area (Å²) in [6, 6.07) is 6.33. The maximum atomic E-state index is 12.9. The van der Waals surface area contributed by atoms with Crippen molar-refractivity contribution in [3.63, 3.8) is 0 Å². The average molecular weight is 435 g/mol. The van der Waals surface area contributed by atoms with Crippen molar-refractivity contribution in [2.75, 3.05) is 13.2 Å². The molecule has 0 aliphatic rings. The van der Waals surface area contributed by atoms with Crippen LogP contribution in [0.15, 0.2) is 30.3 Å². The van der Waals surface area contributed by atoms with Gasteiger partial charge in [0.1, 0.15) is 12.1 Å². The maximum Gasteiger partial charge on any atom is 0.312 e. The van der Waals surface area contributed by atoms with Crippen molar-refractivity contribution in [1.82, 2.24) is 10.6 Å². The zero-order chi connectivity index (χ0) is 23.4. The number of carbonyl (C=O) groups is 5. The molecule has 10 nitrogen and oxygen atoms in total. The van der Waals surface area contributed by atoms with Gasteiger partial charge in [-0.1, -0.05) is 30.3 Å². The Morgan fingerprint density at radius 3 is 2.10 bits per heavy atom. The van der Waals surface area contributed by atoms with Crippen LogP contribution in [0.1, 0.15) is 32.8 Å². The van der Waals surface area contributed by atoms with Crippen LogP contribution in [-0.4, -0.2) is 55.0 Å². The van der Waals surface area contributed by atoms with Gasteiger partial charge in [-0.05, 0) is 19.4 Å². The van der Waals surface area contributed by atoms with Gasteiger partial charge in [-0.25, -0.2) is 0 Å². The number of carbonyl (C=O) groups excluding carboxylic acids is 5. The monoisotopic (exact) mass is 435 g/mol. The molecule has 0 fully saturated rings. The zero-order valence-corrected chi connectivity index (χ0v) is 17.9.